The number of hydrogen-bond acceptors (Lipinski definition) is 5. The monoisotopic (exact) mass is 472 g/mol. The van der Waals surface area contributed by atoms with Crippen molar-refractivity contribution >= 4 is 21.9 Å². The van der Waals surface area contributed by atoms with Gasteiger partial charge in [0.05, 0.1) is 10.8 Å². The van der Waals surface area contributed by atoms with Gasteiger partial charge in [0, 0.05) is 19.6 Å². The summed E-state index contributed by atoms with van der Waals surface area (Å²) in [6.45, 7) is 8.01. The lowest BCUT2D eigenvalue weighted by molar-refractivity contribution is -0.153. The number of ether oxygens (including phenoxy) is 1. The molecule has 1 saturated heterocycles. The summed E-state index contributed by atoms with van der Waals surface area (Å²) in [6.07, 6.45) is 0.735. The second-order valence-corrected chi connectivity index (χ2v) is 10.5. The molecular formula is C25H32N2O5S. The van der Waals surface area contributed by atoms with Crippen LogP contribution in [0.5, 0.6) is 0 Å². The molecule has 1 N–H and O–H groups in total. The number of hydrogen-bond donors (Lipinski definition) is 1. The highest BCUT2D eigenvalue weighted by atomic mass is 32.2. The molecular weight excluding hydrogens is 440 g/mol. The van der Waals surface area contributed by atoms with E-state index in [4.69, 9.17) is 4.74 Å². The topological polar surface area (TPSA) is 92.8 Å². The maximum atomic E-state index is 13.4. The van der Waals surface area contributed by atoms with E-state index >= 15 is 0 Å². The van der Waals surface area contributed by atoms with E-state index in [1.54, 1.807) is 0 Å². The Morgan fingerprint density at radius 2 is 1.58 bits per heavy atom. The summed E-state index contributed by atoms with van der Waals surface area (Å²) < 4.78 is 33.4. The Morgan fingerprint density at radius 1 is 1.00 bits per heavy atom. The Bertz CT molecular complexity index is 1090. The minimum atomic E-state index is -3.66. The molecule has 8 heteroatoms. The molecule has 0 aromatic heterocycles. The largest absolute Gasteiger partial charge is 0.455 e. The first-order chi connectivity index (χ1) is 15.6. The van der Waals surface area contributed by atoms with Crippen LogP contribution in [0.4, 0.5) is 0 Å². The van der Waals surface area contributed by atoms with Gasteiger partial charge in [0.1, 0.15) is 0 Å². The number of nitrogens with one attached hydrogen (secondary N) is 1. The first kappa shape index (κ1) is 24.9. The zero-order chi connectivity index (χ0) is 24.2. The number of nitrogens with zero attached hydrogens (tertiary/aromatic N) is 1. The predicted molar refractivity (Wildman–Crippen MR) is 126 cm³/mol. The van der Waals surface area contributed by atoms with Gasteiger partial charge in [-0.25, -0.2) is 8.42 Å². The van der Waals surface area contributed by atoms with Gasteiger partial charge in [0.2, 0.25) is 10.0 Å². The maximum Gasteiger partial charge on any atom is 0.309 e. The molecule has 7 nitrogen and oxygen atoms in total. The molecule has 1 heterocycles. The van der Waals surface area contributed by atoms with E-state index in [1.165, 1.54) is 4.31 Å². The Morgan fingerprint density at radius 3 is 2.15 bits per heavy atom. The van der Waals surface area contributed by atoms with Crippen molar-refractivity contribution in [2.45, 2.75) is 52.0 Å². The van der Waals surface area contributed by atoms with E-state index in [9.17, 15) is 18.0 Å². The lowest BCUT2D eigenvalue weighted by Gasteiger charge is -2.31. The van der Waals surface area contributed by atoms with Gasteiger partial charge in [-0.1, -0.05) is 36.4 Å². The SMILES string of the molecule is Cc1cc(C)c(C)c(S(=O)(=O)N2CCC(C(=O)OCC(=O)NCc3ccccc3)CC2)c1C. The van der Waals surface area contributed by atoms with E-state index in [0.29, 0.717) is 24.3 Å². The molecule has 2 aromatic carbocycles. The summed E-state index contributed by atoms with van der Waals surface area (Å²) in [6, 6.07) is 11.5. The Kier molecular flexibility index (Phi) is 7.92. The van der Waals surface area contributed by atoms with E-state index < -0.39 is 21.9 Å². The molecule has 1 amide bonds. The lowest BCUT2D eigenvalue weighted by Crippen LogP contribution is -2.41. The standard InChI is InChI=1S/C25H32N2O5S/c1-17-14-18(2)20(4)24(19(17)3)33(30,31)27-12-10-22(11-13-27)25(29)32-16-23(28)26-15-21-8-6-5-7-9-21/h5-9,14,22H,10-13,15-16H2,1-4H3,(H,26,28). The van der Waals surface area contributed by atoms with Crippen LogP contribution in [-0.4, -0.2) is 44.3 Å². The fourth-order valence-electron chi connectivity index (χ4n) is 4.13. The van der Waals surface area contributed by atoms with Gasteiger partial charge in [0.15, 0.2) is 6.61 Å². The number of piperidine rings is 1. The molecule has 33 heavy (non-hydrogen) atoms. The van der Waals surface area contributed by atoms with Gasteiger partial charge < -0.3 is 10.1 Å². The summed E-state index contributed by atoms with van der Waals surface area (Å²) in [4.78, 5) is 24.8. The summed E-state index contributed by atoms with van der Waals surface area (Å²) in [5, 5.41) is 2.72. The summed E-state index contributed by atoms with van der Waals surface area (Å²) in [5.41, 5.74) is 4.38. The summed E-state index contributed by atoms with van der Waals surface area (Å²) >= 11 is 0. The molecule has 0 unspecified atom stereocenters. The van der Waals surface area contributed by atoms with Crippen molar-refractivity contribution in [3.63, 3.8) is 0 Å². The van der Waals surface area contributed by atoms with Crippen molar-refractivity contribution in [1.29, 1.82) is 0 Å². The van der Waals surface area contributed by atoms with Crippen molar-refractivity contribution in [2.24, 2.45) is 5.92 Å². The predicted octanol–water partition coefficient (Wildman–Crippen LogP) is 3.18. The van der Waals surface area contributed by atoms with Gasteiger partial charge in [-0.3, -0.25) is 9.59 Å². The second kappa shape index (κ2) is 10.5. The summed E-state index contributed by atoms with van der Waals surface area (Å²) in [5.74, 6) is -1.24. The van der Waals surface area contributed by atoms with Crippen LogP contribution in [0.1, 0.15) is 40.7 Å². The number of sulfonamides is 1. The fourth-order valence-corrected chi connectivity index (χ4v) is 6.18. The minimum absolute atomic E-state index is 0.244. The van der Waals surface area contributed by atoms with Crippen LogP contribution < -0.4 is 5.32 Å². The Hall–Kier alpha value is -2.71. The average molecular weight is 473 g/mol. The van der Waals surface area contributed by atoms with Crippen LogP contribution >= 0.6 is 0 Å². The average Bonchev–Trinajstić information content (AvgIpc) is 2.80. The number of carbonyl (C=O) groups excluding carboxylic acids is 2. The van der Waals surface area contributed by atoms with Gasteiger partial charge in [0.25, 0.3) is 5.91 Å². The lowest BCUT2D eigenvalue weighted by atomic mass is 9.98. The van der Waals surface area contributed by atoms with Gasteiger partial charge in [-0.05, 0) is 68.4 Å². The molecule has 3 rings (SSSR count). The molecule has 0 radical (unpaired) electrons. The third-order valence-corrected chi connectivity index (χ3v) is 8.53. The van der Waals surface area contributed by atoms with Gasteiger partial charge >= 0.3 is 5.97 Å². The molecule has 1 fully saturated rings. The number of aryl methyl sites for hydroxylation is 2. The smallest absolute Gasteiger partial charge is 0.309 e. The quantitative estimate of drug-likeness (QED) is 0.625. The molecule has 178 valence electrons. The first-order valence-corrected chi connectivity index (χ1v) is 12.6. The molecule has 2 aromatic rings. The van der Waals surface area contributed by atoms with E-state index in [2.05, 4.69) is 5.32 Å². The molecule has 0 aliphatic carbocycles. The molecule has 0 atom stereocenters. The molecule has 1 aliphatic heterocycles. The molecule has 0 spiro atoms. The highest BCUT2D eigenvalue weighted by Gasteiger charge is 2.35. The minimum Gasteiger partial charge on any atom is -0.455 e. The number of esters is 1. The first-order valence-electron chi connectivity index (χ1n) is 11.2. The molecule has 0 bridgehead atoms. The maximum absolute atomic E-state index is 13.4. The van der Waals surface area contributed by atoms with E-state index in [0.717, 1.165) is 27.8 Å². The number of amides is 1. The zero-order valence-electron chi connectivity index (χ0n) is 19.7. The third-order valence-electron chi connectivity index (χ3n) is 6.36. The van der Waals surface area contributed by atoms with Crippen LogP contribution in [0.2, 0.25) is 0 Å². The van der Waals surface area contributed by atoms with Gasteiger partial charge in [-0.15, -0.1) is 0 Å². The van der Waals surface area contributed by atoms with Crippen LogP contribution in [0.25, 0.3) is 0 Å². The van der Waals surface area contributed by atoms with Crippen LogP contribution in [0.15, 0.2) is 41.3 Å². The number of carbonyl (C=O) groups is 2. The zero-order valence-corrected chi connectivity index (χ0v) is 20.5. The van der Waals surface area contributed by atoms with E-state index in [1.807, 2.05) is 64.1 Å². The Balaban J connectivity index is 1.53. The normalized spacial score (nSPS) is 15.3. The van der Waals surface area contributed by atoms with Crippen molar-refractivity contribution in [2.75, 3.05) is 19.7 Å². The van der Waals surface area contributed by atoms with Crippen molar-refractivity contribution in [3.05, 3.63) is 64.2 Å². The van der Waals surface area contributed by atoms with Crippen molar-refractivity contribution in [3.8, 4) is 0 Å². The van der Waals surface area contributed by atoms with Crippen LogP contribution in [-0.2, 0) is 30.9 Å². The van der Waals surface area contributed by atoms with Gasteiger partial charge in [-0.2, -0.15) is 4.31 Å². The highest BCUT2D eigenvalue weighted by molar-refractivity contribution is 7.89. The highest BCUT2D eigenvalue weighted by Crippen LogP contribution is 2.31. The Labute approximate surface area is 196 Å². The van der Waals surface area contributed by atoms with Crippen molar-refractivity contribution in [1.82, 2.24) is 9.62 Å². The molecule has 1 aliphatic rings. The molecule has 0 saturated carbocycles. The second-order valence-electron chi connectivity index (χ2n) is 8.64. The van der Waals surface area contributed by atoms with Crippen LogP contribution in [0.3, 0.4) is 0 Å². The third kappa shape index (κ3) is 5.81. The van der Waals surface area contributed by atoms with E-state index in [-0.39, 0.29) is 25.6 Å². The van der Waals surface area contributed by atoms with Crippen LogP contribution in [0, 0.1) is 33.6 Å². The fraction of sp³-hybridized carbons (Fsp3) is 0.440. The summed E-state index contributed by atoms with van der Waals surface area (Å²) in [7, 11) is -3.66. The number of benzene rings is 2. The number of rotatable bonds is 7. The van der Waals surface area contributed by atoms with Crippen molar-refractivity contribution < 1.29 is 22.7 Å².